The third kappa shape index (κ3) is 4.14. The molecule has 3 rings (SSSR count). The van der Waals surface area contributed by atoms with E-state index in [2.05, 4.69) is 12.2 Å². The van der Waals surface area contributed by atoms with Gasteiger partial charge in [-0.3, -0.25) is 19.7 Å². The van der Waals surface area contributed by atoms with Crippen LogP contribution in [0.5, 0.6) is 0 Å². The molecule has 0 atom stereocenters. The molecular weight excluding hydrogens is 382 g/mol. The summed E-state index contributed by atoms with van der Waals surface area (Å²) in [6.45, 7) is 2.76. The zero-order valence-corrected chi connectivity index (χ0v) is 16.2. The van der Waals surface area contributed by atoms with E-state index in [4.69, 9.17) is 11.6 Å². The number of nitro benzene ring substituents is 1. The van der Waals surface area contributed by atoms with Crippen molar-refractivity contribution in [1.82, 2.24) is 0 Å². The zero-order chi connectivity index (χ0) is 20.3. The third-order valence-electron chi connectivity index (χ3n) is 4.68. The maximum Gasteiger partial charge on any atom is 0.288 e. The highest BCUT2D eigenvalue weighted by molar-refractivity contribution is 6.32. The van der Waals surface area contributed by atoms with Crippen LogP contribution in [-0.2, 0) is 11.2 Å². The number of halogens is 1. The van der Waals surface area contributed by atoms with E-state index in [1.54, 1.807) is 11.0 Å². The number of benzene rings is 2. The average Bonchev–Trinajstić information content (AvgIpc) is 2.67. The van der Waals surface area contributed by atoms with Gasteiger partial charge in [-0.05, 0) is 48.7 Å². The molecule has 1 aliphatic rings. The number of anilines is 2. The molecule has 0 radical (unpaired) electrons. The number of nitrogens with one attached hydrogen (secondary N) is 1. The molecule has 0 aromatic heterocycles. The Morgan fingerprint density at radius 1 is 1.25 bits per heavy atom. The first kappa shape index (κ1) is 19.8. The first-order chi connectivity index (χ1) is 13.4. The Labute approximate surface area is 167 Å². The number of amides is 2. The molecule has 28 heavy (non-hydrogen) atoms. The number of rotatable bonds is 6. The lowest BCUT2D eigenvalue weighted by Gasteiger charge is -2.29. The molecule has 0 aliphatic carbocycles. The van der Waals surface area contributed by atoms with Crippen molar-refractivity contribution in [3.8, 4) is 0 Å². The number of unbranched alkanes of at least 4 members (excludes halogenated alkanes) is 1. The van der Waals surface area contributed by atoms with Gasteiger partial charge in [0.05, 0.1) is 4.92 Å². The summed E-state index contributed by atoms with van der Waals surface area (Å²) >= 11 is 5.79. The molecule has 2 aromatic rings. The number of carbonyl (C=O) groups excluding carboxylic acids is 2. The summed E-state index contributed by atoms with van der Waals surface area (Å²) < 4.78 is 0. The first-order valence-electron chi connectivity index (χ1n) is 9.09. The lowest BCUT2D eigenvalue weighted by molar-refractivity contribution is -0.384. The number of hydrogen-bond acceptors (Lipinski definition) is 4. The predicted molar refractivity (Wildman–Crippen MR) is 108 cm³/mol. The van der Waals surface area contributed by atoms with Crippen molar-refractivity contribution in [2.75, 3.05) is 16.8 Å². The maximum absolute atomic E-state index is 12.5. The van der Waals surface area contributed by atoms with E-state index in [9.17, 15) is 19.7 Å². The quantitative estimate of drug-likeness (QED) is 0.566. The van der Waals surface area contributed by atoms with Gasteiger partial charge in [0.2, 0.25) is 5.91 Å². The number of hydrogen-bond donors (Lipinski definition) is 1. The van der Waals surface area contributed by atoms with Crippen molar-refractivity contribution in [2.24, 2.45) is 0 Å². The third-order valence-corrected chi connectivity index (χ3v) is 5.00. The number of fused-ring (bicyclic) bond motifs is 1. The minimum Gasteiger partial charge on any atom is -0.322 e. The molecule has 1 aliphatic heterocycles. The molecule has 1 N–H and O–H groups in total. The van der Waals surface area contributed by atoms with Gasteiger partial charge in [-0.15, -0.1) is 0 Å². The molecule has 0 unspecified atom stereocenters. The average molecular weight is 402 g/mol. The summed E-state index contributed by atoms with van der Waals surface area (Å²) in [5.41, 5.74) is 2.28. The normalized spacial score (nSPS) is 13.2. The Morgan fingerprint density at radius 3 is 2.75 bits per heavy atom. The van der Waals surface area contributed by atoms with E-state index in [0.29, 0.717) is 25.1 Å². The van der Waals surface area contributed by atoms with Gasteiger partial charge in [0.25, 0.3) is 11.6 Å². The predicted octanol–water partition coefficient (Wildman–Crippen LogP) is 4.58. The monoisotopic (exact) mass is 401 g/mol. The van der Waals surface area contributed by atoms with Gasteiger partial charge in [-0.2, -0.15) is 0 Å². The van der Waals surface area contributed by atoms with E-state index in [1.807, 2.05) is 12.1 Å². The molecule has 2 amide bonds. The summed E-state index contributed by atoms with van der Waals surface area (Å²) in [5.74, 6) is -0.347. The largest absolute Gasteiger partial charge is 0.322 e. The van der Waals surface area contributed by atoms with Gasteiger partial charge in [0, 0.05) is 36.0 Å². The highest BCUT2D eigenvalue weighted by atomic mass is 35.5. The Bertz CT molecular complexity index is 945. The molecular formula is C20H20ClN3O4. The second-order valence-corrected chi connectivity index (χ2v) is 7.03. The molecule has 0 bridgehead atoms. The first-order valence-corrected chi connectivity index (χ1v) is 9.47. The summed E-state index contributed by atoms with van der Waals surface area (Å²) in [4.78, 5) is 36.9. The van der Waals surface area contributed by atoms with Crippen molar-refractivity contribution >= 4 is 40.5 Å². The zero-order valence-electron chi connectivity index (χ0n) is 15.4. The van der Waals surface area contributed by atoms with Crippen molar-refractivity contribution in [2.45, 2.75) is 32.6 Å². The van der Waals surface area contributed by atoms with Crippen LogP contribution in [-0.4, -0.2) is 23.3 Å². The molecule has 7 nitrogen and oxygen atoms in total. The molecule has 2 aromatic carbocycles. The van der Waals surface area contributed by atoms with E-state index in [-0.39, 0.29) is 22.2 Å². The number of aryl methyl sites for hydroxylation is 1. The molecule has 146 valence electrons. The van der Waals surface area contributed by atoms with Gasteiger partial charge >= 0.3 is 0 Å². The molecule has 8 heteroatoms. The van der Waals surface area contributed by atoms with E-state index >= 15 is 0 Å². The van der Waals surface area contributed by atoms with Crippen LogP contribution in [0.4, 0.5) is 17.1 Å². The number of nitrogens with zero attached hydrogens (tertiary/aromatic N) is 2. The van der Waals surface area contributed by atoms with Crippen molar-refractivity contribution in [3.05, 3.63) is 62.7 Å². The van der Waals surface area contributed by atoms with Crippen LogP contribution in [0.3, 0.4) is 0 Å². The molecule has 0 spiro atoms. The minimum atomic E-state index is -0.625. The van der Waals surface area contributed by atoms with Gasteiger partial charge in [-0.1, -0.05) is 24.9 Å². The molecule has 0 fully saturated rings. The van der Waals surface area contributed by atoms with Gasteiger partial charge in [0.15, 0.2) is 0 Å². The Kier molecular flexibility index (Phi) is 5.94. The topological polar surface area (TPSA) is 92.6 Å². The van der Waals surface area contributed by atoms with Crippen LogP contribution >= 0.6 is 11.6 Å². The Hall–Kier alpha value is -2.93. The summed E-state index contributed by atoms with van der Waals surface area (Å²) in [5, 5.41) is 13.7. The van der Waals surface area contributed by atoms with Crippen LogP contribution in [0.1, 0.15) is 42.1 Å². The van der Waals surface area contributed by atoms with Crippen LogP contribution < -0.4 is 10.2 Å². The summed E-state index contributed by atoms with van der Waals surface area (Å²) in [6, 6.07) is 9.34. The van der Waals surface area contributed by atoms with E-state index in [0.717, 1.165) is 30.2 Å². The number of carbonyl (C=O) groups is 2. The fraction of sp³-hybridized carbons (Fsp3) is 0.300. The highest BCUT2D eigenvalue weighted by Gasteiger charge is 2.24. The SMILES string of the molecule is CCCCN1C(=O)CCc2cc(NC(=O)c3ccc(Cl)c([N+](=O)[O-])c3)ccc21. The van der Waals surface area contributed by atoms with Gasteiger partial charge < -0.3 is 10.2 Å². The lowest BCUT2D eigenvalue weighted by atomic mass is 10.00. The van der Waals surface area contributed by atoms with Gasteiger partial charge in [-0.25, -0.2) is 0 Å². The van der Waals surface area contributed by atoms with Crippen LogP contribution in [0.25, 0.3) is 0 Å². The van der Waals surface area contributed by atoms with Crippen LogP contribution in [0, 0.1) is 10.1 Å². The van der Waals surface area contributed by atoms with Crippen molar-refractivity contribution in [1.29, 1.82) is 0 Å². The standard InChI is InChI=1S/C20H20ClN3O4/c1-2-3-10-23-17-8-6-15(11-13(17)5-9-19(23)25)22-20(26)14-4-7-16(21)18(12-14)24(27)28/h4,6-8,11-12H,2-3,5,9-10H2,1H3,(H,22,26). The summed E-state index contributed by atoms with van der Waals surface area (Å²) in [7, 11) is 0. The van der Waals surface area contributed by atoms with Gasteiger partial charge in [0.1, 0.15) is 5.02 Å². The van der Waals surface area contributed by atoms with Crippen molar-refractivity contribution in [3.63, 3.8) is 0 Å². The minimum absolute atomic E-state index is 0.0211. The lowest BCUT2D eigenvalue weighted by Crippen LogP contribution is -2.35. The second-order valence-electron chi connectivity index (χ2n) is 6.62. The number of nitro groups is 1. The smallest absolute Gasteiger partial charge is 0.288 e. The Morgan fingerprint density at radius 2 is 2.04 bits per heavy atom. The molecule has 0 saturated heterocycles. The van der Waals surface area contributed by atoms with E-state index in [1.165, 1.54) is 12.1 Å². The van der Waals surface area contributed by atoms with Crippen LogP contribution in [0.15, 0.2) is 36.4 Å². The fourth-order valence-corrected chi connectivity index (χ4v) is 3.38. The van der Waals surface area contributed by atoms with Crippen molar-refractivity contribution < 1.29 is 14.5 Å². The highest BCUT2D eigenvalue weighted by Crippen LogP contribution is 2.31. The molecule has 1 heterocycles. The fourth-order valence-electron chi connectivity index (χ4n) is 3.20. The van der Waals surface area contributed by atoms with Crippen LogP contribution in [0.2, 0.25) is 5.02 Å². The summed E-state index contributed by atoms with van der Waals surface area (Å²) in [6.07, 6.45) is 2.99. The Balaban J connectivity index is 1.81. The van der Waals surface area contributed by atoms with E-state index < -0.39 is 10.8 Å². The second kappa shape index (κ2) is 8.39. The molecule has 0 saturated carbocycles. The maximum atomic E-state index is 12.5.